The molecule has 0 unspecified atom stereocenters. The smallest absolute Gasteiger partial charge is 0.321 e. The van der Waals surface area contributed by atoms with Crippen molar-refractivity contribution in [3.8, 4) is 11.1 Å². The van der Waals surface area contributed by atoms with Gasteiger partial charge >= 0.3 is 6.18 Å². The lowest BCUT2D eigenvalue weighted by molar-refractivity contribution is -0.142. The molecule has 0 aliphatic rings. The van der Waals surface area contributed by atoms with Gasteiger partial charge in [-0.15, -0.1) is 0 Å². The van der Waals surface area contributed by atoms with Crippen molar-refractivity contribution in [1.82, 2.24) is 14.6 Å². The van der Waals surface area contributed by atoms with Crippen LogP contribution in [0.4, 0.5) is 18.9 Å². The molecule has 0 aliphatic heterocycles. The van der Waals surface area contributed by atoms with Gasteiger partial charge in [-0.25, -0.2) is 9.50 Å². The fourth-order valence-electron chi connectivity index (χ4n) is 3.03. The Morgan fingerprint density at radius 1 is 1.03 bits per heavy atom. The highest BCUT2D eigenvalue weighted by Crippen LogP contribution is 2.32. The van der Waals surface area contributed by atoms with Crippen LogP contribution in [0.25, 0.3) is 16.8 Å². The average molecular weight is 475 g/mol. The van der Waals surface area contributed by atoms with E-state index in [2.05, 4.69) is 31.3 Å². The van der Waals surface area contributed by atoms with E-state index in [1.54, 1.807) is 12.1 Å². The van der Waals surface area contributed by atoms with Gasteiger partial charge in [-0.1, -0.05) is 42.5 Å². The van der Waals surface area contributed by atoms with Gasteiger partial charge in [-0.2, -0.15) is 18.3 Å². The number of fused-ring (bicyclic) bond motifs is 1. The second-order valence-electron chi connectivity index (χ2n) is 6.58. The number of anilines is 1. The average Bonchev–Trinajstić information content (AvgIpc) is 3.04. The van der Waals surface area contributed by atoms with Gasteiger partial charge in [0.05, 0.1) is 4.47 Å². The van der Waals surface area contributed by atoms with Crippen LogP contribution in [0.3, 0.4) is 0 Å². The van der Waals surface area contributed by atoms with Crippen LogP contribution in [0, 0.1) is 6.92 Å². The number of carbonyl (C=O) groups excluding carboxylic acids is 1. The molecular weight excluding hydrogens is 461 g/mol. The van der Waals surface area contributed by atoms with Gasteiger partial charge in [-0.05, 0) is 52.2 Å². The molecule has 0 saturated heterocycles. The molecule has 0 aliphatic carbocycles. The van der Waals surface area contributed by atoms with E-state index in [0.29, 0.717) is 10.2 Å². The molecule has 0 spiro atoms. The number of aryl methyl sites for hydroxylation is 1. The molecule has 30 heavy (non-hydrogen) atoms. The van der Waals surface area contributed by atoms with E-state index < -0.39 is 17.8 Å². The molecule has 0 atom stereocenters. The van der Waals surface area contributed by atoms with Crippen molar-refractivity contribution >= 4 is 33.2 Å². The SMILES string of the molecule is Cc1cc(C(F)(F)F)n2nc(C(=O)Nc3ccc(-c4ccccc4)cc3)c(Br)c2n1. The summed E-state index contributed by atoms with van der Waals surface area (Å²) in [4.78, 5) is 16.8. The molecular formula is C21H14BrF3N4O. The maximum Gasteiger partial charge on any atom is 0.433 e. The Bertz CT molecular complexity index is 1240. The van der Waals surface area contributed by atoms with Gasteiger partial charge in [0.2, 0.25) is 0 Å². The zero-order chi connectivity index (χ0) is 21.5. The van der Waals surface area contributed by atoms with Crippen molar-refractivity contribution in [3.05, 3.63) is 82.2 Å². The van der Waals surface area contributed by atoms with Crippen LogP contribution < -0.4 is 5.32 Å². The Balaban J connectivity index is 1.65. The van der Waals surface area contributed by atoms with Crippen molar-refractivity contribution in [2.75, 3.05) is 5.32 Å². The summed E-state index contributed by atoms with van der Waals surface area (Å²) in [5, 5.41) is 6.51. The van der Waals surface area contributed by atoms with E-state index in [0.717, 1.165) is 17.2 Å². The Kier molecular flexibility index (Phi) is 5.07. The van der Waals surface area contributed by atoms with E-state index in [1.807, 2.05) is 42.5 Å². The van der Waals surface area contributed by atoms with Gasteiger partial charge < -0.3 is 5.32 Å². The molecule has 0 bridgehead atoms. The first-order valence-electron chi connectivity index (χ1n) is 8.84. The molecule has 2 aromatic carbocycles. The first-order chi connectivity index (χ1) is 14.2. The van der Waals surface area contributed by atoms with Gasteiger partial charge in [0.15, 0.2) is 11.3 Å². The van der Waals surface area contributed by atoms with E-state index in [4.69, 9.17) is 0 Å². The van der Waals surface area contributed by atoms with Gasteiger partial charge in [0.1, 0.15) is 5.69 Å². The number of amides is 1. The van der Waals surface area contributed by atoms with Crippen LogP contribution in [-0.4, -0.2) is 20.5 Å². The molecule has 0 fully saturated rings. The number of nitrogens with one attached hydrogen (secondary N) is 1. The number of carbonyl (C=O) groups is 1. The highest BCUT2D eigenvalue weighted by Gasteiger charge is 2.36. The standard InChI is InChI=1S/C21H14BrF3N4O/c1-12-11-16(21(23,24)25)29-19(26-12)17(22)18(28-29)20(30)27-15-9-7-14(8-10-15)13-5-3-2-4-6-13/h2-11H,1H3,(H,27,30). The molecule has 0 saturated carbocycles. The second kappa shape index (κ2) is 7.56. The third-order valence-electron chi connectivity index (χ3n) is 4.42. The highest BCUT2D eigenvalue weighted by molar-refractivity contribution is 9.10. The zero-order valence-corrected chi connectivity index (χ0v) is 17.1. The number of halogens is 4. The third-order valence-corrected chi connectivity index (χ3v) is 5.15. The molecule has 1 N–H and O–H groups in total. The molecule has 0 radical (unpaired) electrons. The van der Waals surface area contributed by atoms with E-state index >= 15 is 0 Å². The predicted octanol–water partition coefficient (Wildman–Crippen LogP) is 5.74. The van der Waals surface area contributed by atoms with Crippen molar-refractivity contribution in [3.63, 3.8) is 0 Å². The number of nitrogens with zero attached hydrogens (tertiary/aromatic N) is 3. The molecule has 4 rings (SSSR count). The number of hydrogen-bond donors (Lipinski definition) is 1. The number of aromatic nitrogens is 3. The lowest BCUT2D eigenvalue weighted by Crippen LogP contribution is -2.15. The summed E-state index contributed by atoms with van der Waals surface area (Å²) in [6.07, 6.45) is -4.64. The fraction of sp³-hybridized carbons (Fsp3) is 0.0952. The van der Waals surface area contributed by atoms with Gasteiger partial charge in [0.25, 0.3) is 5.91 Å². The Labute approximate surface area is 177 Å². The van der Waals surface area contributed by atoms with Crippen LogP contribution in [-0.2, 0) is 6.18 Å². The topological polar surface area (TPSA) is 59.3 Å². The summed E-state index contributed by atoms with van der Waals surface area (Å²) in [5.74, 6) is -0.648. The Hall–Kier alpha value is -3.20. The Morgan fingerprint density at radius 3 is 2.30 bits per heavy atom. The van der Waals surface area contributed by atoms with Gasteiger partial charge in [0, 0.05) is 11.4 Å². The molecule has 9 heteroatoms. The number of hydrogen-bond acceptors (Lipinski definition) is 3. The first-order valence-corrected chi connectivity index (χ1v) is 9.63. The number of alkyl halides is 3. The largest absolute Gasteiger partial charge is 0.433 e. The highest BCUT2D eigenvalue weighted by atomic mass is 79.9. The predicted molar refractivity (Wildman–Crippen MR) is 110 cm³/mol. The van der Waals surface area contributed by atoms with Crippen LogP contribution >= 0.6 is 15.9 Å². The maximum atomic E-state index is 13.4. The van der Waals surface area contributed by atoms with E-state index in [-0.39, 0.29) is 21.5 Å². The second-order valence-corrected chi connectivity index (χ2v) is 7.37. The molecule has 152 valence electrons. The Morgan fingerprint density at radius 2 is 1.67 bits per heavy atom. The summed E-state index contributed by atoms with van der Waals surface area (Å²) in [6, 6.07) is 17.7. The summed E-state index contributed by atoms with van der Waals surface area (Å²) in [7, 11) is 0. The molecule has 4 aromatic rings. The van der Waals surface area contributed by atoms with Crippen molar-refractivity contribution in [2.45, 2.75) is 13.1 Å². The van der Waals surface area contributed by atoms with Crippen molar-refractivity contribution in [2.24, 2.45) is 0 Å². The van der Waals surface area contributed by atoms with Crippen molar-refractivity contribution < 1.29 is 18.0 Å². The van der Waals surface area contributed by atoms with Crippen LogP contribution in [0.5, 0.6) is 0 Å². The lowest BCUT2D eigenvalue weighted by Gasteiger charge is -2.09. The lowest BCUT2D eigenvalue weighted by atomic mass is 10.1. The van der Waals surface area contributed by atoms with Crippen molar-refractivity contribution in [1.29, 1.82) is 0 Å². The zero-order valence-electron chi connectivity index (χ0n) is 15.5. The quantitative estimate of drug-likeness (QED) is 0.411. The number of benzene rings is 2. The summed E-state index contributed by atoms with van der Waals surface area (Å²) in [5.41, 5.74) is 1.38. The first kappa shape index (κ1) is 20.1. The van der Waals surface area contributed by atoms with E-state index in [9.17, 15) is 18.0 Å². The fourth-order valence-corrected chi connectivity index (χ4v) is 3.54. The minimum atomic E-state index is -4.64. The molecule has 2 aromatic heterocycles. The van der Waals surface area contributed by atoms with Crippen LogP contribution in [0.1, 0.15) is 21.9 Å². The normalized spacial score (nSPS) is 11.6. The third kappa shape index (κ3) is 3.80. The van der Waals surface area contributed by atoms with Gasteiger partial charge in [-0.3, -0.25) is 4.79 Å². The summed E-state index contributed by atoms with van der Waals surface area (Å²) < 4.78 is 40.8. The molecule has 1 amide bonds. The molecule has 5 nitrogen and oxygen atoms in total. The summed E-state index contributed by atoms with van der Waals surface area (Å²) >= 11 is 3.17. The number of rotatable bonds is 3. The molecule has 2 heterocycles. The minimum absolute atomic E-state index is 0.0769. The minimum Gasteiger partial charge on any atom is -0.321 e. The maximum absolute atomic E-state index is 13.4. The monoisotopic (exact) mass is 474 g/mol. The van der Waals surface area contributed by atoms with E-state index in [1.165, 1.54) is 6.92 Å². The van der Waals surface area contributed by atoms with Crippen LogP contribution in [0.2, 0.25) is 0 Å². The van der Waals surface area contributed by atoms with Crippen LogP contribution in [0.15, 0.2) is 65.1 Å². The summed E-state index contributed by atoms with van der Waals surface area (Å²) in [6.45, 7) is 1.45.